The number of hydrogen-bond acceptors (Lipinski definition) is 2. The number of hydrogen-bond donors (Lipinski definition) is 0. The minimum absolute atomic E-state index is 0.461. The third kappa shape index (κ3) is 7.24. The first-order chi connectivity index (χ1) is 17.5. The minimum Gasteiger partial charge on any atom is -0.489 e. The van der Waals surface area contributed by atoms with Crippen LogP contribution in [0.5, 0.6) is 11.5 Å². The highest BCUT2D eigenvalue weighted by Gasteiger charge is 2.15. The van der Waals surface area contributed by atoms with Crippen molar-refractivity contribution in [2.24, 2.45) is 0 Å². The molecule has 0 heterocycles. The van der Waals surface area contributed by atoms with Gasteiger partial charge < -0.3 is 9.47 Å². The number of benzene rings is 3. The Kier molecular flexibility index (Phi) is 10.2. The van der Waals surface area contributed by atoms with Crippen LogP contribution in [0.3, 0.4) is 0 Å². The van der Waals surface area contributed by atoms with E-state index in [0.29, 0.717) is 12.4 Å². The van der Waals surface area contributed by atoms with Gasteiger partial charge in [0.2, 0.25) is 0 Å². The van der Waals surface area contributed by atoms with Gasteiger partial charge in [-0.1, -0.05) is 107 Å². The van der Waals surface area contributed by atoms with Gasteiger partial charge in [-0.15, -0.1) is 0 Å². The van der Waals surface area contributed by atoms with Gasteiger partial charge >= 0.3 is 0 Å². The Hall–Kier alpha value is -3.52. The number of rotatable bonds is 14. The molecule has 3 aromatic carbocycles. The van der Waals surface area contributed by atoms with E-state index in [4.69, 9.17) is 9.47 Å². The SMILES string of the molecule is C=CCOc1cc(-c2ccc(-c3ccc(CCCCC)cc3)cc2)c(OC(=C)C(=C)C)cc1CCC. The molecule has 0 spiro atoms. The Labute approximate surface area is 218 Å². The van der Waals surface area contributed by atoms with Gasteiger partial charge in [-0.3, -0.25) is 0 Å². The Balaban J connectivity index is 1.94. The van der Waals surface area contributed by atoms with Crippen molar-refractivity contribution in [1.29, 1.82) is 0 Å². The van der Waals surface area contributed by atoms with E-state index in [0.717, 1.165) is 53.0 Å². The normalized spacial score (nSPS) is 10.6. The van der Waals surface area contributed by atoms with Gasteiger partial charge in [-0.2, -0.15) is 0 Å². The Bertz CT molecular complexity index is 1170. The zero-order chi connectivity index (χ0) is 25.9. The molecule has 0 saturated carbocycles. The summed E-state index contributed by atoms with van der Waals surface area (Å²) in [5.41, 5.74) is 7.77. The van der Waals surface area contributed by atoms with Crippen molar-refractivity contribution in [3.8, 4) is 33.8 Å². The zero-order valence-electron chi connectivity index (χ0n) is 22.2. The molecule has 3 aromatic rings. The fourth-order valence-electron chi connectivity index (χ4n) is 4.16. The molecular formula is C34H40O2. The summed E-state index contributed by atoms with van der Waals surface area (Å²) in [4.78, 5) is 0. The number of ether oxygens (including phenoxy) is 2. The van der Waals surface area contributed by atoms with Crippen LogP contribution in [-0.2, 0) is 12.8 Å². The molecule has 0 N–H and O–H groups in total. The lowest BCUT2D eigenvalue weighted by Gasteiger charge is -2.18. The van der Waals surface area contributed by atoms with Crippen LogP contribution in [0.25, 0.3) is 22.3 Å². The maximum Gasteiger partial charge on any atom is 0.135 e. The van der Waals surface area contributed by atoms with Crippen molar-refractivity contribution < 1.29 is 9.47 Å². The van der Waals surface area contributed by atoms with Gasteiger partial charge in [0.05, 0.1) is 0 Å². The predicted molar refractivity (Wildman–Crippen MR) is 155 cm³/mol. The minimum atomic E-state index is 0.461. The van der Waals surface area contributed by atoms with E-state index in [9.17, 15) is 0 Å². The van der Waals surface area contributed by atoms with Crippen LogP contribution in [-0.4, -0.2) is 6.61 Å². The van der Waals surface area contributed by atoms with Gasteiger partial charge in [-0.05, 0) is 71.7 Å². The molecule has 0 aromatic heterocycles. The fourth-order valence-corrected chi connectivity index (χ4v) is 4.16. The molecule has 3 rings (SSSR count). The molecule has 2 nitrogen and oxygen atoms in total. The molecule has 0 bridgehead atoms. The summed E-state index contributed by atoms with van der Waals surface area (Å²) in [6, 6.07) is 21.7. The van der Waals surface area contributed by atoms with Crippen LogP contribution in [0.1, 0.15) is 57.6 Å². The second kappa shape index (κ2) is 13.5. The van der Waals surface area contributed by atoms with Crippen molar-refractivity contribution in [3.05, 3.63) is 109 Å². The number of unbranched alkanes of at least 4 members (excludes halogenated alkanes) is 2. The molecule has 0 unspecified atom stereocenters. The van der Waals surface area contributed by atoms with Crippen LogP contribution in [0.2, 0.25) is 0 Å². The van der Waals surface area contributed by atoms with Gasteiger partial charge in [0.15, 0.2) is 0 Å². The average Bonchev–Trinajstić information content (AvgIpc) is 2.89. The molecule has 188 valence electrons. The second-order valence-electron chi connectivity index (χ2n) is 9.34. The summed E-state index contributed by atoms with van der Waals surface area (Å²) < 4.78 is 12.2. The molecule has 0 radical (unpaired) electrons. The predicted octanol–water partition coefficient (Wildman–Crippen LogP) is 9.74. The average molecular weight is 481 g/mol. The van der Waals surface area contributed by atoms with Crippen LogP contribution in [0.15, 0.2) is 97.8 Å². The number of aryl methyl sites for hydroxylation is 2. The van der Waals surface area contributed by atoms with E-state index in [1.807, 2.05) is 6.92 Å². The van der Waals surface area contributed by atoms with Gasteiger partial charge in [-0.25, -0.2) is 0 Å². The Morgan fingerprint density at radius 1 is 0.778 bits per heavy atom. The van der Waals surface area contributed by atoms with Crippen molar-refractivity contribution in [2.45, 2.75) is 59.3 Å². The van der Waals surface area contributed by atoms with E-state index in [1.54, 1.807) is 6.08 Å². The monoisotopic (exact) mass is 480 g/mol. The van der Waals surface area contributed by atoms with E-state index in [2.05, 4.69) is 94.2 Å². The largest absolute Gasteiger partial charge is 0.489 e. The van der Waals surface area contributed by atoms with Crippen LogP contribution in [0.4, 0.5) is 0 Å². The molecular weight excluding hydrogens is 440 g/mol. The second-order valence-corrected chi connectivity index (χ2v) is 9.34. The molecule has 0 aliphatic heterocycles. The van der Waals surface area contributed by atoms with E-state index >= 15 is 0 Å². The smallest absolute Gasteiger partial charge is 0.135 e. The Morgan fingerprint density at radius 3 is 2.00 bits per heavy atom. The summed E-state index contributed by atoms with van der Waals surface area (Å²) in [6.45, 7) is 18.6. The maximum absolute atomic E-state index is 6.21. The Morgan fingerprint density at radius 2 is 1.42 bits per heavy atom. The standard InChI is InChI=1S/C34H40O2/c1-7-10-11-13-27-14-16-28(17-15-27)29-18-20-30(21-19-29)32-24-33(35-22-9-3)31(12-8-2)23-34(32)36-26(6)25(4)5/h9,14-21,23-24H,3-4,6-8,10-13,22H2,1-2,5H3. The summed E-state index contributed by atoms with van der Waals surface area (Å²) in [6.07, 6.45) is 8.62. The molecule has 36 heavy (non-hydrogen) atoms. The van der Waals surface area contributed by atoms with E-state index < -0.39 is 0 Å². The third-order valence-corrected chi connectivity index (χ3v) is 6.30. The maximum atomic E-state index is 6.21. The van der Waals surface area contributed by atoms with Gasteiger partial charge in [0.25, 0.3) is 0 Å². The first-order valence-corrected chi connectivity index (χ1v) is 13.1. The van der Waals surface area contributed by atoms with Crippen molar-refractivity contribution in [1.82, 2.24) is 0 Å². The molecule has 2 heteroatoms. The summed E-state index contributed by atoms with van der Waals surface area (Å²) >= 11 is 0. The molecule has 0 aliphatic carbocycles. The molecule has 0 fully saturated rings. The van der Waals surface area contributed by atoms with Gasteiger partial charge in [0.1, 0.15) is 23.9 Å². The van der Waals surface area contributed by atoms with Crippen molar-refractivity contribution >= 4 is 0 Å². The quantitative estimate of drug-likeness (QED) is 0.0989. The molecule has 0 saturated heterocycles. The molecule has 0 amide bonds. The fraction of sp³-hybridized carbons (Fsp3) is 0.294. The third-order valence-electron chi connectivity index (χ3n) is 6.30. The van der Waals surface area contributed by atoms with Crippen LogP contribution >= 0.6 is 0 Å². The first-order valence-electron chi connectivity index (χ1n) is 13.1. The molecule has 0 aliphatic rings. The summed E-state index contributed by atoms with van der Waals surface area (Å²) in [7, 11) is 0. The number of allylic oxidation sites excluding steroid dienone is 1. The lowest BCUT2D eigenvalue weighted by Crippen LogP contribution is -2.02. The lowest BCUT2D eigenvalue weighted by molar-refractivity contribution is 0.357. The van der Waals surface area contributed by atoms with Crippen LogP contribution in [0, 0.1) is 0 Å². The van der Waals surface area contributed by atoms with Gasteiger partial charge in [0, 0.05) is 5.56 Å². The highest BCUT2D eigenvalue weighted by Crippen LogP contribution is 2.39. The van der Waals surface area contributed by atoms with Crippen LogP contribution < -0.4 is 9.47 Å². The zero-order valence-corrected chi connectivity index (χ0v) is 22.2. The summed E-state index contributed by atoms with van der Waals surface area (Å²) in [5, 5.41) is 0. The molecule has 0 atom stereocenters. The summed E-state index contributed by atoms with van der Waals surface area (Å²) in [5.74, 6) is 2.19. The lowest BCUT2D eigenvalue weighted by atomic mass is 9.96. The van der Waals surface area contributed by atoms with Crippen molar-refractivity contribution in [2.75, 3.05) is 6.61 Å². The topological polar surface area (TPSA) is 18.5 Å². The van der Waals surface area contributed by atoms with E-state index in [-0.39, 0.29) is 0 Å². The highest BCUT2D eigenvalue weighted by atomic mass is 16.5. The highest BCUT2D eigenvalue weighted by molar-refractivity contribution is 5.76. The van der Waals surface area contributed by atoms with Crippen molar-refractivity contribution in [3.63, 3.8) is 0 Å². The first kappa shape index (κ1) is 27.1. The van der Waals surface area contributed by atoms with E-state index in [1.165, 1.54) is 36.0 Å².